The van der Waals surface area contributed by atoms with Crippen molar-refractivity contribution in [2.24, 2.45) is 4.99 Å². The number of amides is 1. The van der Waals surface area contributed by atoms with Crippen molar-refractivity contribution < 1.29 is 4.79 Å². The third-order valence-electron chi connectivity index (χ3n) is 3.72. The first-order chi connectivity index (χ1) is 12.5. The van der Waals surface area contributed by atoms with Crippen LogP contribution in [0.1, 0.15) is 28.4 Å². The van der Waals surface area contributed by atoms with E-state index < -0.39 is 0 Å². The number of nitrogens with one attached hydrogen (secondary N) is 2. The van der Waals surface area contributed by atoms with Gasteiger partial charge in [0.1, 0.15) is 0 Å². The molecule has 5 nitrogen and oxygen atoms in total. The molecule has 26 heavy (non-hydrogen) atoms. The Morgan fingerprint density at radius 3 is 2.42 bits per heavy atom. The maximum atomic E-state index is 11.9. The van der Waals surface area contributed by atoms with Crippen LogP contribution in [-0.2, 0) is 13.1 Å². The molecule has 2 aromatic carbocycles. The van der Waals surface area contributed by atoms with E-state index in [1.807, 2.05) is 55.5 Å². The van der Waals surface area contributed by atoms with Gasteiger partial charge in [0.2, 0.25) is 0 Å². The highest BCUT2D eigenvalue weighted by molar-refractivity contribution is 6.30. The lowest BCUT2D eigenvalue weighted by Crippen LogP contribution is -2.36. The first-order valence-corrected chi connectivity index (χ1v) is 8.94. The number of aliphatic imine (C=N–C) groups is 1. The van der Waals surface area contributed by atoms with E-state index in [2.05, 4.69) is 15.6 Å². The van der Waals surface area contributed by atoms with Crippen LogP contribution < -0.4 is 10.6 Å². The summed E-state index contributed by atoms with van der Waals surface area (Å²) in [6.07, 6.45) is 0. The highest BCUT2D eigenvalue weighted by Crippen LogP contribution is 2.11. The molecule has 0 saturated heterocycles. The Balaban J connectivity index is 1.97. The van der Waals surface area contributed by atoms with Crippen molar-refractivity contribution >= 4 is 23.5 Å². The smallest absolute Gasteiger partial charge is 0.253 e. The molecule has 2 aromatic rings. The maximum absolute atomic E-state index is 11.9. The maximum Gasteiger partial charge on any atom is 0.253 e. The molecule has 0 bridgehead atoms. The van der Waals surface area contributed by atoms with Crippen LogP contribution in [0.15, 0.2) is 53.5 Å². The van der Waals surface area contributed by atoms with Gasteiger partial charge in [0, 0.05) is 37.8 Å². The van der Waals surface area contributed by atoms with E-state index in [0.717, 1.165) is 23.6 Å². The average molecular weight is 373 g/mol. The van der Waals surface area contributed by atoms with Gasteiger partial charge in [-0.3, -0.25) is 4.79 Å². The molecule has 0 aliphatic carbocycles. The molecule has 2 rings (SSSR count). The first-order valence-electron chi connectivity index (χ1n) is 8.57. The second kappa shape index (κ2) is 9.82. The normalized spacial score (nSPS) is 11.2. The molecule has 0 heterocycles. The van der Waals surface area contributed by atoms with Gasteiger partial charge in [-0.2, -0.15) is 0 Å². The third-order valence-corrected chi connectivity index (χ3v) is 3.96. The van der Waals surface area contributed by atoms with E-state index in [-0.39, 0.29) is 5.91 Å². The number of benzene rings is 2. The van der Waals surface area contributed by atoms with Gasteiger partial charge < -0.3 is 15.5 Å². The number of hydrogen-bond donors (Lipinski definition) is 2. The monoisotopic (exact) mass is 372 g/mol. The van der Waals surface area contributed by atoms with Crippen LogP contribution >= 0.6 is 11.6 Å². The number of carbonyl (C=O) groups excluding carboxylic acids is 1. The Morgan fingerprint density at radius 2 is 1.81 bits per heavy atom. The van der Waals surface area contributed by atoms with Gasteiger partial charge in [0.05, 0.1) is 6.54 Å². The van der Waals surface area contributed by atoms with E-state index in [0.29, 0.717) is 23.7 Å². The summed E-state index contributed by atoms with van der Waals surface area (Å²) >= 11 is 6.01. The van der Waals surface area contributed by atoms with Crippen molar-refractivity contribution in [3.8, 4) is 0 Å². The summed E-state index contributed by atoms with van der Waals surface area (Å²) < 4.78 is 0. The zero-order valence-electron chi connectivity index (χ0n) is 15.4. The van der Waals surface area contributed by atoms with Gasteiger partial charge in [-0.05, 0) is 42.3 Å². The van der Waals surface area contributed by atoms with Crippen molar-refractivity contribution in [3.63, 3.8) is 0 Å². The molecule has 0 saturated carbocycles. The molecule has 6 heteroatoms. The largest absolute Gasteiger partial charge is 0.357 e. The van der Waals surface area contributed by atoms with Crippen LogP contribution in [-0.4, -0.2) is 37.4 Å². The van der Waals surface area contributed by atoms with E-state index in [9.17, 15) is 4.79 Å². The lowest BCUT2D eigenvalue weighted by molar-refractivity contribution is 0.0827. The fourth-order valence-electron chi connectivity index (χ4n) is 2.36. The fourth-order valence-corrected chi connectivity index (χ4v) is 2.57. The van der Waals surface area contributed by atoms with Crippen LogP contribution in [0.25, 0.3) is 0 Å². The Hall–Kier alpha value is -2.53. The number of guanidine groups is 1. The second-order valence-electron chi connectivity index (χ2n) is 6.08. The average Bonchev–Trinajstić information content (AvgIpc) is 2.64. The molecule has 1 amide bonds. The predicted octanol–water partition coefficient (Wildman–Crippen LogP) is 3.30. The Kier molecular flexibility index (Phi) is 7.48. The number of nitrogens with zero attached hydrogens (tertiary/aromatic N) is 2. The van der Waals surface area contributed by atoms with E-state index >= 15 is 0 Å². The number of hydrogen-bond acceptors (Lipinski definition) is 2. The van der Waals surface area contributed by atoms with Gasteiger partial charge in [0.25, 0.3) is 5.91 Å². The minimum Gasteiger partial charge on any atom is -0.357 e. The summed E-state index contributed by atoms with van der Waals surface area (Å²) in [5.41, 5.74) is 2.81. The summed E-state index contributed by atoms with van der Waals surface area (Å²) in [7, 11) is 3.49. The molecule has 0 fully saturated rings. The quantitative estimate of drug-likeness (QED) is 0.604. The summed E-state index contributed by atoms with van der Waals surface area (Å²) in [5, 5.41) is 7.24. The number of rotatable bonds is 6. The Morgan fingerprint density at radius 1 is 1.08 bits per heavy atom. The van der Waals surface area contributed by atoms with Gasteiger partial charge in [-0.25, -0.2) is 4.99 Å². The topological polar surface area (TPSA) is 56.7 Å². The van der Waals surface area contributed by atoms with Crippen LogP contribution in [0.4, 0.5) is 0 Å². The van der Waals surface area contributed by atoms with Crippen LogP contribution in [0.5, 0.6) is 0 Å². The van der Waals surface area contributed by atoms with E-state index in [1.165, 1.54) is 0 Å². The van der Waals surface area contributed by atoms with Gasteiger partial charge in [-0.1, -0.05) is 35.9 Å². The van der Waals surface area contributed by atoms with E-state index in [1.54, 1.807) is 19.0 Å². The highest BCUT2D eigenvalue weighted by Gasteiger charge is 2.07. The first kappa shape index (κ1) is 19.8. The fraction of sp³-hybridized carbons (Fsp3) is 0.300. The van der Waals surface area contributed by atoms with Crippen molar-refractivity contribution in [2.45, 2.75) is 20.0 Å². The van der Waals surface area contributed by atoms with Gasteiger partial charge in [0.15, 0.2) is 5.96 Å². The molecule has 0 aliphatic heterocycles. The number of halogens is 1. The minimum atomic E-state index is 0.000863. The van der Waals surface area contributed by atoms with Crippen LogP contribution in [0.3, 0.4) is 0 Å². The summed E-state index contributed by atoms with van der Waals surface area (Å²) in [6, 6.07) is 15.3. The molecule has 0 aliphatic rings. The zero-order chi connectivity index (χ0) is 18.9. The summed E-state index contributed by atoms with van der Waals surface area (Å²) in [4.78, 5) is 18.1. The molecule has 0 spiro atoms. The van der Waals surface area contributed by atoms with Crippen molar-refractivity contribution in [3.05, 3.63) is 70.2 Å². The predicted molar refractivity (Wildman–Crippen MR) is 108 cm³/mol. The lowest BCUT2D eigenvalue weighted by Gasteiger charge is -2.13. The molecule has 0 atom stereocenters. The Labute approximate surface area is 160 Å². The second-order valence-corrected chi connectivity index (χ2v) is 6.51. The molecule has 2 N–H and O–H groups in total. The molecule has 138 valence electrons. The van der Waals surface area contributed by atoms with Crippen LogP contribution in [0, 0.1) is 0 Å². The summed E-state index contributed by atoms with van der Waals surface area (Å²) in [5.74, 6) is 0.738. The van der Waals surface area contributed by atoms with Crippen molar-refractivity contribution in [1.29, 1.82) is 0 Å². The number of carbonyl (C=O) groups is 1. The lowest BCUT2D eigenvalue weighted by atomic mass is 10.1. The van der Waals surface area contributed by atoms with Gasteiger partial charge in [-0.15, -0.1) is 0 Å². The molecule has 0 aromatic heterocycles. The minimum absolute atomic E-state index is 0.000863. The van der Waals surface area contributed by atoms with Crippen molar-refractivity contribution in [2.75, 3.05) is 20.6 Å². The highest BCUT2D eigenvalue weighted by atomic mass is 35.5. The van der Waals surface area contributed by atoms with Crippen molar-refractivity contribution in [1.82, 2.24) is 15.5 Å². The molecule has 0 unspecified atom stereocenters. The zero-order valence-corrected chi connectivity index (χ0v) is 16.2. The summed E-state index contributed by atoms with van der Waals surface area (Å²) in [6.45, 7) is 3.97. The van der Waals surface area contributed by atoms with Crippen LogP contribution in [0.2, 0.25) is 5.02 Å². The Bertz CT molecular complexity index is 757. The van der Waals surface area contributed by atoms with Gasteiger partial charge >= 0.3 is 0 Å². The molecular weight excluding hydrogens is 348 g/mol. The molecular formula is C20H25ClN4O. The van der Waals surface area contributed by atoms with E-state index in [4.69, 9.17) is 11.6 Å². The SMILES string of the molecule is CCNC(=NCc1cccc(Cl)c1)NCc1ccc(C(=O)N(C)C)cc1. The molecule has 0 radical (unpaired) electrons. The standard InChI is InChI=1S/C20H25ClN4O/c1-4-22-20(24-14-16-6-5-7-18(21)12-16)23-13-15-8-10-17(11-9-15)19(26)25(2)3/h5-12H,4,13-14H2,1-3H3,(H2,22,23,24). The third kappa shape index (κ3) is 6.08.